The van der Waals surface area contributed by atoms with Gasteiger partial charge in [0, 0.05) is 46.0 Å². The molecule has 0 unspecified atom stereocenters. The first-order valence-corrected chi connectivity index (χ1v) is 13.9. The lowest BCUT2D eigenvalue weighted by molar-refractivity contribution is 1.18. The van der Waals surface area contributed by atoms with Gasteiger partial charge in [0.1, 0.15) is 5.65 Å². The van der Waals surface area contributed by atoms with Crippen LogP contribution in [0.3, 0.4) is 0 Å². The van der Waals surface area contributed by atoms with Gasteiger partial charge in [-0.2, -0.15) is 0 Å². The predicted molar refractivity (Wildman–Crippen MR) is 166 cm³/mol. The van der Waals surface area contributed by atoms with Crippen LogP contribution in [0.15, 0.2) is 116 Å². The van der Waals surface area contributed by atoms with Crippen LogP contribution in [0.1, 0.15) is 11.1 Å². The van der Waals surface area contributed by atoms with Gasteiger partial charge in [-0.15, -0.1) is 0 Å². The van der Waals surface area contributed by atoms with Gasteiger partial charge in [0.25, 0.3) is 0 Å². The van der Waals surface area contributed by atoms with Gasteiger partial charge in [-0.1, -0.05) is 54.6 Å². The molecule has 5 heterocycles. The molecule has 0 amide bonds. The standard InChI is InChI=1S/C36H21N5/c1-2-6-21(7-3-1)40-30-9-5-4-8-26(30)34-27-18-28-22(23(27)12-13-31(34)40)10-11-25-24-14-16-37-19-32(24)41-33-20-38-17-15-29(33)39-36(41)35(25)28/h1-17,19-20H,18H2. The van der Waals surface area contributed by atoms with Crippen LogP contribution in [0.2, 0.25) is 0 Å². The Kier molecular flexibility index (Phi) is 3.92. The number of imidazole rings is 1. The van der Waals surface area contributed by atoms with Crippen molar-refractivity contribution in [3.8, 4) is 16.8 Å². The van der Waals surface area contributed by atoms with Gasteiger partial charge in [0.15, 0.2) is 0 Å². The lowest BCUT2D eigenvalue weighted by Crippen LogP contribution is -1.95. The van der Waals surface area contributed by atoms with Gasteiger partial charge in [-0.25, -0.2) is 4.98 Å². The molecule has 41 heavy (non-hydrogen) atoms. The maximum atomic E-state index is 5.18. The Morgan fingerprint density at radius 3 is 2.20 bits per heavy atom. The number of pyridine rings is 3. The van der Waals surface area contributed by atoms with Crippen LogP contribution >= 0.6 is 0 Å². The zero-order valence-corrected chi connectivity index (χ0v) is 21.9. The van der Waals surface area contributed by atoms with Crippen LogP contribution in [-0.2, 0) is 6.42 Å². The molecule has 9 aromatic rings. The summed E-state index contributed by atoms with van der Waals surface area (Å²) in [6, 6.07) is 32.8. The molecule has 0 fully saturated rings. The molecule has 5 nitrogen and oxygen atoms in total. The topological polar surface area (TPSA) is 48.0 Å². The third-order valence-corrected chi connectivity index (χ3v) is 8.93. The van der Waals surface area contributed by atoms with Crippen LogP contribution < -0.4 is 0 Å². The molecule has 190 valence electrons. The minimum absolute atomic E-state index is 0.857. The molecule has 5 aromatic heterocycles. The lowest BCUT2D eigenvalue weighted by Gasteiger charge is -2.12. The van der Waals surface area contributed by atoms with E-state index in [1.54, 1.807) is 0 Å². The lowest BCUT2D eigenvalue weighted by atomic mass is 9.97. The van der Waals surface area contributed by atoms with E-state index in [-0.39, 0.29) is 0 Å². The van der Waals surface area contributed by atoms with Crippen molar-refractivity contribution in [2.24, 2.45) is 0 Å². The van der Waals surface area contributed by atoms with E-state index in [0.717, 1.165) is 28.6 Å². The van der Waals surface area contributed by atoms with E-state index in [2.05, 4.69) is 104 Å². The number of fused-ring (bicyclic) bond motifs is 16. The van der Waals surface area contributed by atoms with Crippen molar-refractivity contribution >= 4 is 60.2 Å². The second kappa shape index (κ2) is 7.55. The van der Waals surface area contributed by atoms with Crippen molar-refractivity contribution in [3.63, 3.8) is 0 Å². The minimum atomic E-state index is 0.857. The van der Waals surface area contributed by atoms with Gasteiger partial charge in [0.05, 0.1) is 40.0 Å². The average Bonchev–Trinajstić information content (AvgIpc) is 3.71. The molecular weight excluding hydrogens is 502 g/mol. The van der Waals surface area contributed by atoms with Crippen molar-refractivity contribution in [2.75, 3.05) is 0 Å². The first-order chi connectivity index (χ1) is 20.4. The molecule has 0 N–H and O–H groups in total. The minimum Gasteiger partial charge on any atom is -0.309 e. The molecule has 0 radical (unpaired) electrons. The van der Waals surface area contributed by atoms with Crippen molar-refractivity contribution in [1.82, 2.24) is 23.9 Å². The molecular formula is C36H21N5. The van der Waals surface area contributed by atoms with Crippen LogP contribution in [0.4, 0.5) is 0 Å². The molecule has 0 aliphatic heterocycles. The summed E-state index contributed by atoms with van der Waals surface area (Å²) in [6.07, 6.45) is 8.41. The Balaban J connectivity index is 1.34. The monoisotopic (exact) mass is 523 g/mol. The normalized spacial score (nSPS) is 12.8. The quantitative estimate of drug-likeness (QED) is 0.204. The Morgan fingerprint density at radius 2 is 1.29 bits per heavy atom. The maximum Gasteiger partial charge on any atom is 0.146 e. The summed E-state index contributed by atoms with van der Waals surface area (Å²) < 4.78 is 4.65. The third-order valence-electron chi connectivity index (χ3n) is 8.93. The van der Waals surface area contributed by atoms with Crippen molar-refractivity contribution in [3.05, 3.63) is 127 Å². The molecule has 0 spiro atoms. The van der Waals surface area contributed by atoms with E-state index in [4.69, 9.17) is 4.98 Å². The molecule has 1 aliphatic carbocycles. The van der Waals surface area contributed by atoms with Crippen LogP contribution in [0.5, 0.6) is 0 Å². The molecule has 4 aromatic carbocycles. The van der Waals surface area contributed by atoms with Crippen LogP contribution in [0.25, 0.3) is 77.0 Å². The Labute approximate surface area is 234 Å². The van der Waals surface area contributed by atoms with E-state index in [0.29, 0.717) is 0 Å². The van der Waals surface area contributed by atoms with Crippen LogP contribution in [-0.4, -0.2) is 23.9 Å². The Bertz CT molecular complexity index is 2550. The highest BCUT2D eigenvalue weighted by Gasteiger charge is 2.28. The number of hydrogen-bond acceptors (Lipinski definition) is 3. The highest BCUT2D eigenvalue weighted by atomic mass is 15.0. The van der Waals surface area contributed by atoms with E-state index in [9.17, 15) is 0 Å². The number of nitrogens with zero attached hydrogens (tertiary/aromatic N) is 5. The van der Waals surface area contributed by atoms with Crippen molar-refractivity contribution in [1.29, 1.82) is 0 Å². The Morgan fingerprint density at radius 1 is 0.537 bits per heavy atom. The molecule has 0 saturated carbocycles. The van der Waals surface area contributed by atoms with E-state index in [1.165, 1.54) is 65.9 Å². The van der Waals surface area contributed by atoms with Gasteiger partial charge in [0.2, 0.25) is 0 Å². The molecule has 0 saturated heterocycles. The highest BCUT2D eigenvalue weighted by Crippen LogP contribution is 2.48. The summed E-state index contributed by atoms with van der Waals surface area (Å²) in [5, 5.41) is 6.24. The van der Waals surface area contributed by atoms with Crippen molar-refractivity contribution in [2.45, 2.75) is 6.42 Å². The summed E-state index contributed by atoms with van der Waals surface area (Å²) in [4.78, 5) is 14.1. The van der Waals surface area contributed by atoms with Gasteiger partial charge < -0.3 is 4.57 Å². The first kappa shape index (κ1) is 21.3. The fraction of sp³-hybridized carbons (Fsp3) is 0.0278. The summed E-state index contributed by atoms with van der Waals surface area (Å²) in [6.45, 7) is 0. The van der Waals surface area contributed by atoms with E-state index < -0.39 is 0 Å². The summed E-state index contributed by atoms with van der Waals surface area (Å²) in [5.74, 6) is 0. The van der Waals surface area contributed by atoms with E-state index in [1.807, 2.05) is 30.9 Å². The van der Waals surface area contributed by atoms with E-state index >= 15 is 0 Å². The van der Waals surface area contributed by atoms with Gasteiger partial charge >= 0.3 is 0 Å². The third kappa shape index (κ3) is 2.63. The fourth-order valence-electron chi connectivity index (χ4n) is 7.29. The number of benzene rings is 4. The zero-order chi connectivity index (χ0) is 26.7. The average molecular weight is 524 g/mol. The van der Waals surface area contributed by atoms with Gasteiger partial charge in [-0.3, -0.25) is 14.4 Å². The number of aromatic nitrogens is 5. The van der Waals surface area contributed by atoms with Gasteiger partial charge in [-0.05, 0) is 64.0 Å². The largest absolute Gasteiger partial charge is 0.309 e. The molecule has 0 atom stereocenters. The first-order valence-electron chi connectivity index (χ1n) is 13.9. The Hall–Kier alpha value is -5.55. The fourth-order valence-corrected chi connectivity index (χ4v) is 7.29. The number of para-hydroxylation sites is 2. The maximum absolute atomic E-state index is 5.18. The molecule has 5 heteroatoms. The molecule has 0 bridgehead atoms. The van der Waals surface area contributed by atoms with Crippen molar-refractivity contribution < 1.29 is 0 Å². The molecule has 10 rings (SSSR count). The second-order valence-corrected chi connectivity index (χ2v) is 10.9. The smallest absolute Gasteiger partial charge is 0.146 e. The molecule has 1 aliphatic rings. The zero-order valence-electron chi connectivity index (χ0n) is 21.9. The number of hydrogen-bond donors (Lipinski definition) is 0. The highest BCUT2D eigenvalue weighted by molar-refractivity contribution is 6.19. The van der Waals surface area contributed by atoms with Crippen LogP contribution in [0, 0.1) is 0 Å². The number of rotatable bonds is 1. The summed E-state index contributed by atoms with van der Waals surface area (Å²) in [7, 11) is 0. The summed E-state index contributed by atoms with van der Waals surface area (Å²) in [5.41, 5.74) is 13.0. The SMILES string of the molecule is c1ccc(-n2c3ccccc3c3c4c(ccc32)-c2ccc3c5ccncc5n5c6cnccc6nc5c3c2C4)cc1. The predicted octanol–water partition coefficient (Wildman–Crippen LogP) is 8.25. The second-order valence-electron chi connectivity index (χ2n) is 10.9. The summed E-state index contributed by atoms with van der Waals surface area (Å²) >= 11 is 0.